The topological polar surface area (TPSA) is 44.3 Å². The molecule has 3 rings (SSSR count). The highest BCUT2D eigenvalue weighted by Gasteiger charge is 2.35. The van der Waals surface area contributed by atoms with Crippen LogP contribution in [0.4, 0.5) is 5.95 Å². The molecule has 1 aromatic rings. The second kappa shape index (κ2) is 6.28. The van der Waals surface area contributed by atoms with E-state index in [0.29, 0.717) is 6.04 Å². The van der Waals surface area contributed by atoms with Crippen molar-refractivity contribution in [3.63, 3.8) is 0 Å². The van der Waals surface area contributed by atoms with E-state index in [9.17, 15) is 0 Å². The van der Waals surface area contributed by atoms with Crippen LogP contribution in [-0.4, -0.2) is 53.6 Å². The zero-order valence-electron chi connectivity index (χ0n) is 13.5. The summed E-state index contributed by atoms with van der Waals surface area (Å²) >= 11 is 0. The van der Waals surface area contributed by atoms with Gasteiger partial charge in [-0.05, 0) is 39.8 Å². The summed E-state index contributed by atoms with van der Waals surface area (Å²) < 4.78 is 0. The number of aromatic nitrogens is 2. The maximum atomic E-state index is 4.76. The molecule has 2 bridgehead atoms. The van der Waals surface area contributed by atoms with Crippen LogP contribution in [0.1, 0.15) is 37.4 Å². The van der Waals surface area contributed by atoms with Gasteiger partial charge in [-0.25, -0.2) is 9.97 Å². The number of nitrogens with zero attached hydrogens (tertiary/aromatic N) is 4. The van der Waals surface area contributed by atoms with E-state index in [2.05, 4.69) is 41.0 Å². The summed E-state index contributed by atoms with van der Waals surface area (Å²) in [6.45, 7) is 8.19. The first-order valence-electron chi connectivity index (χ1n) is 8.19. The third kappa shape index (κ3) is 3.04. The van der Waals surface area contributed by atoms with Crippen LogP contribution in [0.2, 0.25) is 0 Å². The van der Waals surface area contributed by atoms with Crippen LogP contribution >= 0.6 is 0 Å². The number of aryl methyl sites for hydroxylation is 1. The average molecular weight is 289 g/mol. The Morgan fingerprint density at radius 2 is 2.10 bits per heavy atom. The molecule has 0 aliphatic carbocycles. The van der Waals surface area contributed by atoms with Gasteiger partial charge in [0, 0.05) is 49.2 Å². The lowest BCUT2D eigenvalue weighted by molar-refractivity contribution is 0.254. The lowest BCUT2D eigenvalue weighted by atomic mass is 10.1. The van der Waals surface area contributed by atoms with Crippen molar-refractivity contribution in [1.29, 1.82) is 0 Å². The van der Waals surface area contributed by atoms with Gasteiger partial charge in [-0.15, -0.1) is 0 Å². The Morgan fingerprint density at radius 1 is 1.29 bits per heavy atom. The van der Waals surface area contributed by atoms with E-state index in [1.165, 1.54) is 24.8 Å². The molecule has 5 heteroatoms. The van der Waals surface area contributed by atoms with Crippen LogP contribution in [0.15, 0.2) is 6.20 Å². The maximum Gasteiger partial charge on any atom is 0.225 e. The van der Waals surface area contributed by atoms with Gasteiger partial charge >= 0.3 is 0 Å². The van der Waals surface area contributed by atoms with Crippen molar-refractivity contribution in [3.8, 4) is 0 Å². The first-order chi connectivity index (χ1) is 10.2. The second-order valence-electron chi connectivity index (χ2n) is 6.35. The number of anilines is 1. The molecule has 3 heterocycles. The predicted molar refractivity (Wildman–Crippen MR) is 85.6 cm³/mol. The van der Waals surface area contributed by atoms with Crippen LogP contribution in [-0.2, 0) is 6.54 Å². The second-order valence-corrected chi connectivity index (χ2v) is 6.35. The quantitative estimate of drug-likeness (QED) is 0.911. The van der Waals surface area contributed by atoms with Crippen molar-refractivity contribution in [3.05, 3.63) is 17.5 Å². The molecule has 2 aliphatic heterocycles. The summed E-state index contributed by atoms with van der Waals surface area (Å²) in [5, 5.41) is 3.34. The SMILES string of the molecule is CCNCc1cnc(N2CCC3CCC(C2)N3C)nc1C. The van der Waals surface area contributed by atoms with Crippen molar-refractivity contribution >= 4 is 5.95 Å². The fourth-order valence-electron chi connectivity index (χ4n) is 3.56. The smallest absolute Gasteiger partial charge is 0.225 e. The van der Waals surface area contributed by atoms with Crippen molar-refractivity contribution in [2.24, 2.45) is 0 Å². The minimum absolute atomic E-state index is 0.669. The predicted octanol–water partition coefficient (Wildman–Crippen LogP) is 1.57. The van der Waals surface area contributed by atoms with Gasteiger partial charge in [0.15, 0.2) is 0 Å². The van der Waals surface area contributed by atoms with E-state index in [0.717, 1.165) is 43.9 Å². The highest BCUT2D eigenvalue weighted by Crippen LogP contribution is 2.29. The van der Waals surface area contributed by atoms with E-state index >= 15 is 0 Å². The molecular formula is C16H27N5. The fraction of sp³-hybridized carbons (Fsp3) is 0.750. The van der Waals surface area contributed by atoms with Gasteiger partial charge in [0.1, 0.15) is 0 Å². The van der Waals surface area contributed by atoms with Crippen molar-refractivity contribution in [2.45, 2.75) is 51.7 Å². The number of fused-ring (bicyclic) bond motifs is 2. The van der Waals surface area contributed by atoms with E-state index in [4.69, 9.17) is 4.98 Å². The molecule has 2 atom stereocenters. The van der Waals surface area contributed by atoms with Gasteiger partial charge in [0.25, 0.3) is 0 Å². The Hall–Kier alpha value is -1.20. The van der Waals surface area contributed by atoms with E-state index in [1.54, 1.807) is 0 Å². The molecule has 1 aromatic heterocycles. The molecule has 116 valence electrons. The molecule has 2 fully saturated rings. The molecule has 2 unspecified atom stereocenters. The van der Waals surface area contributed by atoms with Crippen molar-refractivity contribution < 1.29 is 0 Å². The lowest BCUT2D eigenvalue weighted by Gasteiger charge is -2.26. The lowest BCUT2D eigenvalue weighted by Crippen LogP contribution is -2.37. The Bertz CT molecular complexity index is 490. The molecule has 2 saturated heterocycles. The normalized spacial score (nSPS) is 26.1. The third-order valence-corrected chi connectivity index (χ3v) is 5.06. The molecule has 21 heavy (non-hydrogen) atoms. The molecule has 0 amide bonds. The first-order valence-corrected chi connectivity index (χ1v) is 8.19. The van der Waals surface area contributed by atoms with Crippen molar-refractivity contribution in [1.82, 2.24) is 20.2 Å². The van der Waals surface area contributed by atoms with Crippen LogP contribution in [0.5, 0.6) is 0 Å². The molecule has 0 radical (unpaired) electrons. The number of likely N-dealkylation sites (N-methyl/N-ethyl adjacent to an activating group) is 1. The standard InChI is InChI=1S/C16H27N5/c1-4-17-9-13-10-18-16(19-12(13)2)21-8-7-14-5-6-15(11-21)20(14)3/h10,14-15,17H,4-9,11H2,1-3H3. The van der Waals surface area contributed by atoms with Gasteiger partial charge < -0.3 is 10.2 Å². The minimum atomic E-state index is 0.669. The number of hydrogen-bond donors (Lipinski definition) is 1. The van der Waals surface area contributed by atoms with E-state index < -0.39 is 0 Å². The zero-order valence-corrected chi connectivity index (χ0v) is 13.5. The van der Waals surface area contributed by atoms with Gasteiger partial charge in [-0.2, -0.15) is 0 Å². The van der Waals surface area contributed by atoms with E-state index in [1.807, 2.05) is 6.20 Å². The number of hydrogen-bond acceptors (Lipinski definition) is 5. The van der Waals surface area contributed by atoms with Crippen molar-refractivity contribution in [2.75, 3.05) is 31.6 Å². The summed E-state index contributed by atoms with van der Waals surface area (Å²) in [5.74, 6) is 0.911. The monoisotopic (exact) mass is 289 g/mol. The number of nitrogens with one attached hydrogen (secondary N) is 1. The van der Waals surface area contributed by atoms with Gasteiger partial charge in [-0.1, -0.05) is 6.92 Å². The van der Waals surface area contributed by atoms with Crippen LogP contribution in [0.25, 0.3) is 0 Å². The Balaban J connectivity index is 1.73. The minimum Gasteiger partial charge on any atom is -0.339 e. The molecule has 0 aromatic carbocycles. The Labute approximate surface area is 127 Å². The highest BCUT2D eigenvalue weighted by atomic mass is 15.3. The largest absolute Gasteiger partial charge is 0.339 e. The van der Waals surface area contributed by atoms with Gasteiger partial charge in [0.05, 0.1) is 0 Å². The summed E-state index contributed by atoms with van der Waals surface area (Å²) in [7, 11) is 2.28. The summed E-state index contributed by atoms with van der Waals surface area (Å²) in [6.07, 6.45) is 5.90. The molecule has 0 spiro atoms. The van der Waals surface area contributed by atoms with Gasteiger partial charge in [-0.3, -0.25) is 4.90 Å². The summed E-state index contributed by atoms with van der Waals surface area (Å²) in [6, 6.07) is 1.43. The van der Waals surface area contributed by atoms with Crippen LogP contribution in [0, 0.1) is 6.92 Å². The summed E-state index contributed by atoms with van der Waals surface area (Å²) in [4.78, 5) is 14.3. The summed E-state index contributed by atoms with van der Waals surface area (Å²) in [5.41, 5.74) is 2.30. The van der Waals surface area contributed by atoms with Crippen LogP contribution in [0.3, 0.4) is 0 Å². The molecule has 5 nitrogen and oxygen atoms in total. The Morgan fingerprint density at radius 3 is 2.86 bits per heavy atom. The molecule has 2 aliphatic rings. The maximum absolute atomic E-state index is 4.76. The third-order valence-electron chi connectivity index (χ3n) is 5.06. The Kier molecular flexibility index (Phi) is 4.40. The van der Waals surface area contributed by atoms with Crippen LogP contribution < -0.4 is 10.2 Å². The molecular weight excluding hydrogens is 262 g/mol. The van der Waals surface area contributed by atoms with Gasteiger partial charge in [0.2, 0.25) is 5.95 Å². The molecule has 1 N–H and O–H groups in total. The molecule has 0 saturated carbocycles. The first kappa shape index (κ1) is 14.7. The average Bonchev–Trinajstić information content (AvgIpc) is 2.71. The highest BCUT2D eigenvalue weighted by molar-refractivity contribution is 5.34. The fourth-order valence-corrected chi connectivity index (χ4v) is 3.56. The number of rotatable bonds is 4. The zero-order chi connectivity index (χ0) is 14.8. The van der Waals surface area contributed by atoms with E-state index in [-0.39, 0.29) is 0 Å².